The molecule has 0 aromatic heterocycles. The van der Waals surface area contributed by atoms with E-state index < -0.39 is 0 Å². The van der Waals surface area contributed by atoms with Gasteiger partial charge in [0.2, 0.25) is 11.8 Å². The summed E-state index contributed by atoms with van der Waals surface area (Å²) in [6.45, 7) is 3.99. The van der Waals surface area contributed by atoms with Gasteiger partial charge in [-0.05, 0) is 30.7 Å². The Kier molecular flexibility index (Phi) is 6.53. The smallest absolute Gasteiger partial charge is 0.253 e. The van der Waals surface area contributed by atoms with Crippen LogP contribution in [0.2, 0.25) is 0 Å². The van der Waals surface area contributed by atoms with Crippen molar-refractivity contribution in [2.75, 3.05) is 52.4 Å². The lowest BCUT2D eigenvalue weighted by molar-refractivity contribution is -0.139. The summed E-state index contributed by atoms with van der Waals surface area (Å²) in [4.78, 5) is 58.4. The molecule has 2 heterocycles. The summed E-state index contributed by atoms with van der Waals surface area (Å²) >= 11 is 0. The highest BCUT2D eigenvalue weighted by Gasteiger charge is 2.51. The molecule has 2 aliphatic heterocycles. The van der Waals surface area contributed by atoms with Gasteiger partial charge in [0.05, 0.1) is 11.8 Å². The van der Waals surface area contributed by atoms with E-state index in [-0.39, 0.29) is 35.5 Å². The fourth-order valence-corrected chi connectivity index (χ4v) is 5.00. The molecule has 2 aromatic carbocycles. The van der Waals surface area contributed by atoms with Gasteiger partial charge in [0.15, 0.2) is 0 Å². The van der Waals surface area contributed by atoms with Crippen molar-refractivity contribution in [3.8, 4) is 0 Å². The van der Waals surface area contributed by atoms with Gasteiger partial charge >= 0.3 is 0 Å². The zero-order valence-corrected chi connectivity index (χ0v) is 19.7. The van der Waals surface area contributed by atoms with Crippen molar-refractivity contribution in [2.24, 2.45) is 11.8 Å². The molecule has 4 amide bonds. The Morgan fingerprint density at radius 1 is 0.486 bits per heavy atom. The maximum Gasteiger partial charge on any atom is 0.253 e. The third-order valence-corrected chi connectivity index (χ3v) is 7.22. The summed E-state index contributed by atoms with van der Waals surface area (Å²) in [7, 11) is 0. The second-order valence-electron chi connectivity index (χ2n) is 9.42. The molecule has 8 nitrogen and oxygen atoms in total. The predicted molar refractivity (Wildman–Crippen MR) is 129 cm³/mol. The Morgan fingerprint density at radius 2 is 0.800 bits per heavy atom. The van der Waals surface area contributed by atoms with E-state index >= 15 is 0 Å². The first kappa shape index (κ1) is 23.1. The first-order valence-corrected chi connectivity index (χ1v) is 12.3. The van der Waals surface area contributed by atoms with E-state index in [1.54, 1.807) is 43.9 Å². The topological polar surface area (TPSA) is 81.2 Å². The molecule has 0 radical (unpaired) electrons. The fourth-order valence-electron chi connectivity index (χ4n) is 5.00. The van der Waals surface area contributed by atoms with Crippen LogP contribution in [0.25, 0.3) is 0 Å². The molecule has 1 aliphatic carbocycles. The van der Waals surface area contributed by atoms with Gasteiger partial charge < -0.3 is 19.6 Å². The Bertz CT molecular complexity index is 1000. The molecule has 8 heteroatoms. The molecule has 2 saturated heterocycles. The third kappa shape index (κ3) is 4.92. The highest BCUT2D eigenvalue weighted by molar-refractivity contribution is 5.96. The lowest BCUT2D eigenvalue weighted by Gasteiger charge is -2.36. The molecule has 0 spiro atoms. The molecule has 0 unspecified atom stereocenters. The number of carbonyl (C=O) groups excluding carboxylic acids is 4. The number of hydrogen-bond acceptors (Lipinski definition) is 4. The molecular formula is C27H30N4O4. The first-order chi connectivity index (χ1) is 17.0. The third-order valence-electron chi connectivity index (χ3n) is 7.22. The largest absolute Gasteiger partial charge is 0.339 e. The lowest BCUT2D eigenvalue weighted by atomic mass is 10.1. The Balaban J connectivity index is 1.08. The average Bonchev–Trinajstić information content (AvgIpc) is 3.74. The Hall–Kier alpha value is -3.68. The minimum Gasteiger partial charge on any atom is -0.339 e. The second-order valence-corrected chi connectivity index (χ2v) is 9.42. The van der Waals surface area contributed by atoms with Crippen molar-refractivity contribution in [3.63, 3.8) is 0 Å². The van der Waals surface area contributed by atoms with Crippen LogP contribution >= 0.6 is 0 Å². The number of carbonyl (C=O) groups is 4. The highest BCUT2D eigenvalue weighted by Crippen LogP contribution is 2.41. The lowest BCUT2D eigenvalue weighted by Crippen LogP contribution is -2.52. The number of nitrogens with zero attached hydrogens (tertiary/aromatic N) is 4. The van der Waals surface area contributed by atoms with Crippen LogP contribution in [-0.2, 0) is 9.59 Å². The van der Waals surface area contributed by atoms with Crippen LogP contribution in [-0.4, -0.2) is 95.6 Å². The maximum atomic E-state index is 13.0. The van der Waals surface area contributed by atoms with E-state index in [0.717, 1.165) is 0 Å². The maximum absolute atomic E-state index is 13.0. The number of benzene rings is 2. The van der Waals surface area contributed by atoms with Crippen molar-refractivity contribution in [1.82, 2.24) is 19.6 Å². The van der Waals surface area contributed by atoms with Crippen LogP contribution in [0.3, 0.4) is 0 Å². The summed E-state index contributed by atoms with van der Waals surface area (Å²) < 4.78 is 0. The number of amides is 4. The quantitative estimate of drug-likeness (QED) is 0.674. The minimum atomic E-state index is -0.261. The first-order valence-electron chi connectivity index (χ1n) is 12.3. The van der Waals surface area contributed by atoms with Gasteiger partial charge in [0.1, 0.15) is 0 Å². The molecule has 2 aromatic rings. The molecule has 1 saturated carbocycles. The molecule has 0 N–H and O–H groups in total. The van der Waals surface area contributed by atoms with Crippen molar-refractivity contribution < 1.29 is 19.2 Å². The fraction of sp³-hybridized carbons (Fsp3) is 0.407. The van der Waals surface area contributed by atoms with Crippen molar-refractivity contribution in [1.29, 1.82) is 0 Å². The van der Waals surface area contributed by atoms with Crippen LogP contribution in [0, 0.1) is 11.8 Å². The van der Waals surface area contributed by atoms with Gasteiger partial charge in [-0.1, -0.05) is 36.4 Å². The van der Waals surface area contributed by atoms with E-state index in [1.807, 2.05) is 36.4 Å². The van der Waals surface area contributed by atoms with E-state index in [4.69, 9.17) is 0 Å². The molecular weight excluding hydrogens is 444 g/mol. The van der Waals surface area contributed by atoms with E-state index in [0.29, 0.717) is 69.9 Å². The SMILES string of the molecule is O=C(c1ccccc1)N1CCN(C(=O)[C@H]2C[C@@H]2C(=O)N2CCN(C(=O)c3ccccc3)CC2)CC1. The van der Waals surface area contributed by atoms with E-state index in [1.165, 1.54) is 0 Å². The molecule has 35 heavy (non-hydrogen) atoms. The average molecular weight is 475 g/mol. The van der Waals surface area contributed by atoms with Gasteiger partial charge in [-0.3, -0.25) is 19.2 Å². The predicted octanol–water partition coefficient (Wildman–Crippen LogP) is 1.59. The summed E-state index contributed by atoms with van der Waals surface area (Å²) in [5, 5.41) is 0. The summed E-state index contributed by atoms with van der Waals surface area (Å²) in [5.41, 5.74) is 1.32. The summed E-state index contributed by atoms with van der Waals surface area (Å²) in [6, 6.07) is 18.4. The van der Waals surface area contributed by atoms with Gasteiger partial charge in [-0.2, -0.15) is 0 Å². The van der Waals surface area contributed by atoms with E-state index in [2.05, 4.69) is 0 Å². The van der Waals surface area contributed by atoms with Crippen molar-refractivity contribution >= 4 is 23.6 Å². The van der Waals surface area contributed by atoms with Gasteiger partial charge in [-0.15, -0.1) is 0 Å². The zero-order valence-electron chi connectivity index (χ0n) is 19.7. The molecule has 182 valence electrons. The number of rotatable bonds is 4. The monoisotopic (exact) mass is 474 g/mol. The van der Waals surface area contributed by atoms with Crippen molar-refractivity contribution in [2.45, 2.75) is 6.42 Å². The number of piperazine rings is 2. The second kappa shape index (κ2) is 9.90. The molecule has 0 bridgehead atoms. The highest BCUT2D eigenvalue weighted by atomic mass is 16.2. The zero-order chi connectivity index (χ0) is 24.4. The molecule has 5 rings (SSSR count). The van der Waals surface area contributed by atoms with Crippen LogP contribution in [0.15, 0.2) is 60.7 Å². The van der Waals surface area contributed by atoms with Crippen LogP contribution in [0.5, 0.6) is 0 Å². The number of hydrogen-bond donors (Lipinski definition) is 0. The van der Waals surface area contributed by atoms with Crippen LogP contribution < -0.4 is 0 Å². The Morgan fingerprint density at radius 3 is 1.14 bits per heavy atom. The normalized spacial score (nSPS) is 22.1. The van der Waals surface area contributed by atoms with E-state index in [9.17, 15) is 19.2 Å². The summed E-state index contributed by atoms with van der Waals surface area (Å²) in [5.74, 6) is -0.504. The Labute approximate surface area is 205 Å². The van der Waals surface area contributed by atoms with Crippen molar-refractivity contribution in [3.05, 3.63) is 71.8 Å². The van der Waals surface area contributed by atoms with Gasteiger partial charge in [0, 0.05) is 63.5 Å². The standard InChI is InChI=1S/C27H30N4O4/c32-24(20-7-3-1-4-8-20)28-11-15-30(16-12-28)26(34)22-19-23(22)27(35)31-17-13-29(14-18-31)25(33)21-9-5-2-6-10-21/h1-10,22-23H,11-19H2/t22-,23-/m0/s1. The van der Waals surface area contributed by atoms with Gasteiger partial charge in [-0.25, -0.2) is 0 Å². The molecule has 3 aliphatic rings. The van der Waals surface area contributed by atoms with Gasteiger partial charge in [0.25, 0.3) is 11.8 Å². The van der Waals surface area contributed by atoms with Crippen LogP contribution in [0.4, 0.5) is 0 Å². The molecule has 2 atom stereocenters. The summed E-state index contributed by atoms with van der Waals surface area (Å²) in [6.07, 6.45) is 0.587. The minimum absolute atomic E-state index is 0.0120. The molecule has 3 fully saturated rings. The van der Waals surface area contributed by atoms with Crippen LogP contribution in [0.1, 0.15) is 27.1 Å².